The fourth-order valence-corrected chi connectivity index (χ4v) is 5.25. The summed E-state index contributed by atoms with van der Waals surface area (Å²) in [7, 11) is 0. The highest BCUT2D eigenvalue weighted by molar-refractivity contribution is 7.07. The first-order valence-corrected chi connectivity index (χ1v) is 13.2. The summed E-state index contributed by atoms with van der Waals surface area (Å²) in [6.45, 7) is 7.98. The molecule has 9 heteroatoms. The summed E-state index contributed by atoms with van der Waals surface area (Å²) in [5.74, 6) is 0.223. The normalized spacial score (nSPS) is 15.6. The molecule has 1 aromatic heterocycles. The molecule has 36 heavy (non-hydrogen) atoms. The largest absolute Gasteiger partial charge is 0.494 e. The summed E-state index contributed by atoms with van der Waals surface area (Å²) in [4.78, 5) is 32.0. The van der Waals surface area contributed by atoms with Crippen molar-refractivity contribution in [1.29, 1.82) is 0 Å². The molecule has 1 atom stereocenters. The van der Waals surface area contributed by atoms with Crippen LogP contribution < -0.4 is 19.6 Å². The Hall–Kier alpha value is -2.87. The second-order valence-corrected chi connectivity index (χ2v) is 10.5. The molecular weight excluding hydrogens is 519 g/mol. The highest BCUT2D eigenvalue weighted by Crippen LogP contribution is 2.32. The molecule has 4 rings (SSSR count). The molecule has 2 heterocycles. The smallest absolute Gasteiger partial charge is 0.338 e. The van der Waals surface area contributed by atoms with Gasteiger partial charge >= 0.3 is 5.97 Å². The van der Waals surface area contributed by atoms with E-state index in [0.717, 1.165) is 23.3 Å². The van der Waals surface area contributed by atoms with E-state index in [4.69, 9.17) is 32.7 Å². The number of carbonyl (C=O) groups is 1. The van der Waals surface area contributed by atoms with Crippen LogP contribution in [0.5, 0.6) is 5.75 Å². The van der Waals surface area contributed by atoms with Crippen molar-refractivity contribution in [3.8, 4) is 5.75 Å². The molecule has 0 saturated carbocycles. The third kappa shape index (κ3) is 5.43. The van der Waals surface area contributed by atoms with Crippen LogP contribution in [-0.4, -0.2) is 23.2 Å². The quantitative estimate of drug-likeness (QED) is 0.379. The van der Waals surface area contributed by atoms with E-state index in [0.29, 0.717) is 37.3 Å². The van der Waals surface area contributed by atoms with E-state index in [9.17, 15) is 9.59 Å². The highest BCUT2D eigenvalue weighted by atomic mass is 35.5. The minimum atomic E-state index is -0.691. The maximum Gasteiger partial charge on any atom is 0.338 e. The van der Waals surface area contributed by atoms with Crippen LogP contribution in [-0.2, 0) is 9.53 Å². The number of nitrogens with zero attached hydrogens (tertiary/aromatic N) is 2. The number of halogens is 2. The van der Waals surface area contributed by atoms with Crippen molar-refractivity contribution in [2.45, 2.75) is 46.3 Å². The zero-order valence-corrected chi connectivity index (χ0v) is 22.7. The first-order valence-electron chi connectivity index (χ1n) is 11.6. The van der Waals surface area contributed by atoms with E-state index in [-0.39, 0.29) is 11.7 Å². The van der Waals surface area contributed by atoms with Crippen LogP contribution in [0.3, 0.4) is 0 Å². The Morgan fingerprint density at radius 2 is 1.89 bits per heavy atom. The van der Waals surface area contributed by atoms with Gasteiger partial charge in [-0.25, -0.2) is 9.79 Å². The molecule has 0 amide bonds. The number of fused-ring (bicyclic) bond motifs is 1. The summed E-state index contributed by atoms with van der Waals surface area (Å²) in [5.41, 5.74) is 2.08. The van der Waals surface area contributed by atoms with Crippen molar-refractivity contribution in [2.75, 3.05) is 6.61 Å². The lowest BCUT2D eigenvalue weighted by atomic mass is 9.96. The van der Waals surface area contributed by atoms with Gasteiger partial charge in [-0.2, -0.15) is 0 Å². The van der Waals surface area contributed by atoms with Crippen molar-refractivity contribution in [2.24, 2.45) is 4.99 Å². The lowest BCUT2D eigenvalue weighted by Crippen LogP contribution is -2.40. The molecule has 0 bridgehead atoms. The standard InChI is InChI=1S/C27H26Cl2N2O4S/c1-5-12-34-19-9-7-18(8-10-19)24-23(26(33)35-15(2)3)16(4)30-27-31(24)25(32)22(36-27)14-17-6-11-20(28)21(29)13-17/h6-11,13-15,24H,5,12H2,1-4H3/b22-14-. The maximum absolute atomic E-state index is 13.7. The van der Waals surface area contributed by atoms with Crippen molar-refractivity contribution >= 4 is 46.6 Å². The van der Waals surface area contributed by atoms with Gasteiger partial charge in [-0.3, -0.25) is 9.36 Å². The molecule has 0 aliphatic carbocycles. The average molecular weight is 545 g/mol. The van der Waals surface area contributed by atoms with Crippen molar-refractivity contribution in [3.63, 3.8) is 0 Å². The zero-order valence-electron chi connectivity index (χ0n) is 20.4. The summed E-state index contributed by atoms with van der Waals surface area (Å²) in [6.07, 6.45) is 2.32. The van der Waals surface area contributed by atoms with E-state index in [1.165, 1.54) is 11.3 Å². The second-order valence-electron chi connectivity index (χ2n) is 8.63. The number of carbonyl (C=O) groups excluding carboxylic acids is 1. The summed E-state index contributed by atoms with van der Waals surface area (Å²) >= 11 is 13.5. The van der Waals surface area contributed by atoms with Crippen LogP contribution in [0, 0.1) is 0 Å². The topological polar surface area (TPSA) is 69.9 Å². The van der Waals surface area contributed by atoms with Gasteiger partial charge in [0.25, 0.3) is 5.56 Å². The fourth-order valence-electron chi connectivity index (χ4n) is 3.90. The third-order valence-electron chi connectivity index (χ3n) is 5.49. The van der Waals surface area contributed by atoms with Crippen LogP contribution in [0.1, 0.15) is 51.3 Å². The Morgan fingerprint density at radius 1 is 1.17 bits per heavy atom. The number of hydrogen-bond acceptors (Lipinski definition) is 6. The first-order chi connectivity index (χ1) is 17.2. The molecular formula is C27H26Cl2N2O4S. The molecule has 0 radical (unpaired) electrons. The van der Waals surface area contributed by atoms with Gasteiger partial charge in [0.15, 0.2) is 4.80 Å². The average Bonchev–Trinajstić information content (AvgIpc) is 3.13. The number of esters is 1. The Morgan fingerprint density at radius 3 is 2.53 bits per heavy atom. The minimum Gasteiger partial charge on any atom is -0.494 e. The number of benzene rings is 2. The SMILES string of the molecule is CCCOc1ccc(C2C(C(=O)OC(C)C)=C(C)N=c3s/c(=C\c4ccc(Cl)c(Cl)c4)c(=O)n32)cc1. The van der Waals surface area contributed by atoms with Gasteiger partial charge in [-0.1, -0.05) is 59.7 Å². The van der Waals surface area contributed by atoms with Crippen molar-refractivity contribution < 1.29 is 14.3 Å². The fraction of sp³-hybridized carbons (Fsp3) is 0.296. The van der Waals surface area contributed by atoms with Gasteiger partial charge in [0, 0.05) is 0 Å². The molecule has 1 aliphatic rings. The molecule has 6 nitrogen and oxygen atoms in total. The predicted molar refractivity (Wildman–Crippen MR) is 144 cm³/mol. The zero-order chi connectivity index (χ0) is 26.0. The van der Waals surface area contributed by atoms with E-state index in [1.54, 1.807) is 49.6 Å². The minimum absolute atomic E-state index is 0.261. The van der Waals surface area contributed by atoms with Gasteiger partial charge in [-0.05, 0) is 68.7 Å². The van der Waals surface area contributed by atoms with E-state index < -0.39 is 12.0 Å². The van der Waals surface area contributed by atoms with Gasteiger partial charge in [0.05, 0.1) is 44.6 Å². The molecule has 1 unspecified atom stereocenters. The summed E-state index contributed by atoms with van der Waals surface area (Å²) in [6, 6.07) is 11.9. The number of ether oxygens (including phenoxy) is 2. The van der Waals surface area contributed by atoms with Crippen molar-refractivity contribution in [3.05, 3.63) is 94.6 Å². The Labute approximate surface area is 223 Å². The Bertz CT molecular complexity index is 1500. The maximum atomic E-state index is 13.7. The van der Waals surface area contributed by atoms with Gasteiger partial charge < -0.3 is 9.47 Å². The van der Waals surface area contributed by atoms with Gasteiger partial charge in [0.1, 0.15) is 5.75 Å². The number of aromatic nitrogens is 1. The van der Waals surface area contributed by atoms with Crippen LogP contribution in [0.4, 0.5) is 0 Å². The molecule has 0 fully saturated rings. The van der Waals surface area contributed by atoms with Gasteiger partial charge in [0.2, 0.25) is 0 Å². The summed E-state index contributed by atoms with van der Waals surface area (Å²) < 4.78 is 13.3. The molecule has 2 aromatic carbocycles. The van der Waals surface area contributed by atoms with Crippen LogP contribution in [0.2, 0.25) is 10.0 Å². The van der Waals surface area contributed by atoms with Crippen LogP contribution in [0.15, 0.2) is 63.5 Å². The predicted octanol–water partition coefficient (Wildman–Crippen LogP) is 5.28. The number of rotatable bonds is 7. The van der Waals surface area contributed by atoms with E-state index in [2.05, 4.69) is 4.99 Å². The molecule has 3 aromatic rings. The number of allylic oxidation sites excluding steroid dienone is 1. The first kappa shape index (κ1) is 26.2. The van der Waals surface area contributed by atoms with Crippen LogP contribution in [0.25, 0.3) is 6.08 Å². The molecule has 0 N–H and O–H groups in total. The van der Waals surface area contributed by atoms with Gasteiger partial charge in [-0.15, -0.1) is 0 Å². The third-order valence-corrected chi connectivity index (χ3v) is 7.22. The Kier molecular flexibility index (Phi) is 8.03. The number of thiazole rings is 1. The number of hydrogen-bond donors (Lipinski definition) is 0. The lowest BCUT2D eigenvalue weighted by molar-refractivity contribution is -0.143. The van der Waals surface area contributed by atoms with Crippen molar-refractivity contribution in [1.82, 2.24) is 4.57 Å². The molecule has 188 valence electrons. The monoisotopic (exact) mass is 544 g/mol. The Balaban J connectivity index is 1.88. The summed E-state index contributed by atoms with van der Waals surface area (Å²) in [5, 5.41) is 0.835. The second kappa shape index (κ2) is 11.0. The van der Waals surface area contributed by atoms with Crippen LogP contribution >= 0.6 is 34.5 Å². The lowest BCUT2D eigenvalue weighted by Gasteiger charge is -2.25. The molecule has 0 saturated heterocycles. The molecule has 1 aliphatic heterocycles. The molecule has 0 spiro atoms. The highest BCUT2D eigenvalue weighted by Gasteiger charge is 2.33. The van der Waals surface area contributed by atoms with E-state index >= 15 is 0 Å². The van der Waals surface area contributed by atoms with E-state index in [1.807, 2.05) is 31.2 Å².